The summed E-state index contributed by atoms with van der Waals surface area (Å²) in [7, 11) is 1.79. The van der Waals surface area contributed by atoms with Crippen molar-refractivity contribution in [2.24, 2.45) is 10.9 Å². The predicted molar refractivity (Wildman–Crippen MR) is 123 cm³/mol. The van der Waals surface area contributed by atoms with Crippen molar-refractivity contribution < 1.29 is 9.53 Å². The topological polar surface area (TPSA) is 66.0 Å². The van der Waals surface area contributed by atoms with Crippen LogP contribution < -0.4 is 10.6 Å². The third-order valence-corrected chi connectivity index (χ3v) is 5.27. The second-order valence-corrected chi connectivity index (χ2v) is 9.10. The minimum absolute atomic E-state index is 0. The molecule has 1 amide bonds. The first-order chi connectivity index (χ1) is 12.3. The van der Waals surface area contributed by atoms with Gasteiger partial charge in [0.15, 0.2) is 5.96 Å². The van der Waals surface area contributed by atoms with Gasteiger partial charge in [0.1, 0.15) is 5.60 Å². The number of halogens is 1. The zero-order valence-electron chi connectivity index (χ0n) is 17.0. The maximum absolute atomic E-state index is 12.1. The van der Waals surface area contributed by atoms with Crippen LogP contribution in [0, 0.1) is 12.8 Å². The van der Waals surface area contributed by atoms with Gasteiger partial charge in [0.25, 0.3) is 0 Å². The number of carbonyl (C=O) groups excluding carboxylic acids is 1. The Morgan fingerprint density at radius 3 is 2.48 bits per heavy atom. The van der Waals surface area contributed by atoms with Crippen molar-refractivity contribution in [3.8, 4) is 0 Å². The van der Waals surface area contributed by atoms with Gasteiger partial charge in [-0.1, -0.05) is 0 Å². The van der Waals surface area contributed by atoms with Crippen molar-refractivity contribution >= 4 is 47.4 Å². The lowest BCUT2D eigenvalue weighted by Gasteiger charge is -2.33. The molecular formula is C19H33IN4O2S. The molecule has 0 unspecified atom stereocenters. The van der Waals surface area contributed by atoms with Crippen molar-refractivity contribution in [1.82, 2.24) is 15.5 Å². The van der Waals surface area contributed by atoms with Crippen molar-refractivity contribution in [3.05, 3.63) is 21.9 Å². The average Bonchev–Trinajstić information content (AvgIpc) is 2.99. The molecule has 2 heterocycles. The van der Waals surface area contributed by atoms with Gasteiger partial charge in [0.05, 0.1) is 6.54 Å². The summed E-state index contributed by atoms with van der Waals surface area (Å²) in [5, 5.41) is 6.76. The van der Waals surface area contributed by atoms with Gasteiger partial charge >= 0.3 is 6.09 Å². The molecule has 27 heavy (non-hydrogen) atoms. The monoisotopic (exact) mass is 508 g/mol. The molecule has 1 saturated heterocycles. The van der Waals surface area contributed by atoms with Gasteiger partial charge in [-0.25, -0.2) is 4.79 Å². The van der Waals surface area contributed by atoms with E-state index >= 15 is 0 Å². The maximum Gasteiger partial charge on any atom is 0.410 e. The van der Waals surface area contributed by atoms with E-state index in [4.69, 9.17) is 4.74 Å². The van der Waals surface area contributed by atoms with Crippen molar-refractivity contribution in [2.45, 2.75) is 52.7 Å². The summed E-state index contributed by atoms with van der Waals surface area (Å²) in [4.78, 5) is 20.8. The first-order valence-corrected chi connectivity index (χ1v) is 10.1. The molecule has 6 nitrogen and oxygen atoms in total. The van der Waals surface area contributed by atoms with E-state index in [1.807, 2.05) is 25.7 Å². The number of amides is 1. The van der Waals surface area contributed by atoms with Crippen molar-refractivity contribution in [2.75, 3.05) is 26.7 Å². The van der Waals surface area contributed by atoms with E-state index in [0.717, 1.165) is 45.0 Å². The molecule has 0 atom stereocenters. The van der Waals surface area contributed by atoms with Gasteiger partial charge in [-0.2, -0.15) is 0 Å². The molecule has 8 heteroatoms. The molecule has 0 bridgehead atoms. The molecule has 2 N–H and O–H groups in total. The molecular weight excluding hydrogens is 475 g/mol. The number of hydrogen-bond donors (Lipinski definition) is 2. The Balaban J connectivity index is 0.00000364. The number of thiophene rings is 1. The summed E-state index contributed by atoms with van der Waals surface area (Å²) < 4.78 is 5.45. The standard InChI is InChI=1S/C19H32N4O2S.HI/c1-14-6-7-16(26-14)13-22-17(20-5)21-12-15-8-10-23(11-9-15)18(24)25-19(2,3)4;/h6-7,15H,8-13H2,1-5H3,(H2,20,21,22);1H. The van der Waals surface area contributed by atoms with Crippen LogP contribution in [0.1, 0.15) is 43.4 Å². The smallest absolute Gasteiger partial charge is 0.410 e. The number of aryl methyl sites for hydroxylation is 1. The largest absolute Gasteiger partial charge is 0.444 e. The van der Waals surface area contributed by atoms with E-state index in [2.05, 4.69) is 34.7 Å². The highest BCUT2D eigenvalue weighted by Crippen LogP contribution is 2.19. The Morgan fingerprint density at radius 2 is 1.96 bits per heavy atom. The highest BCUT2D eigenvalue weighted by Gasteiger charge is 2.26. The van der Waals surface area contributed by atoms with Crippen LogP contribution in [0.3, 0.4) is 0 Å². The zero-order chi connectivity index (χ0) is 19.2. The number of nitrogens with one attached hydrogen (secondary N) is 2. The number of likely N-dealkylation sites (tertiary alicyclic amines) is 1. The second-order valence-electron chi connectivity index (χ2n) is 7.73. The molecule has 1 aliphatic heterocycles. The SMILES string of the molecule is CN=C(NCc1ccc(C)s1)NCC1CCN(C(=O)OC(C)(C)C)CC1.I. The van der Waals surface area contributed by atoms with Crippen molar-refractivity contribution in [3.63, 3.8) is 0 Å². The molecule has 1 aromatic rings. The number of piperidine rings is 1. The number of carbonyl (C=O) groups is 1. The number of guanidine groups is 1. The second kappa shape index (κ2) is 11.1. The molecule has 1 aliphatic rings. The number of aliphatic imine (C=N–C) groups is 1. The molecule has 0 spiro atoms. The van der Waals surface area contributed by atoms with E-state index in [0.29, 0.717) is 5.92 Å². The van der Waals surface area contributed by atoms with Crippen LogP contribution in [0.15, 0.2) is 17.1 Å². The van der Waals surface area contributed by atoms with Crippen LogP contribution in [0.5, 0.6) is 0 Å². The number of hydrogen-bond acceptors (Lipinski definition) is 4. The quantitative estimate of drug-likeness (QED) is 0.367. The lowest BCUT2D eigenvalue weighted by molar-refractivity contribution is 0.0185. The van der Waals surface area contributed by atoms with Gasteiger partial charge in [0, 0.05) is 36.4 Å². The van der Waals surface area contributed by atoms with Crippen LogP contribution in [-0.2, 0) is 11.3 Å². The summed E-state index contributed by atoms with van der Waals surface area (Å²) >= 11 is 1.80. The molecule has 154 valence electrons. The molecule has 2 rings (SSSR count). The van der Waals surface area contributed by atoms with Crippen LogP contribution in [-0.4, -0.2) is 49.2 Å². The minimum Gasteiger partial charge on any atom is -0.444 e. The Kier molecular flexibility index (Phi) is 9.86. The van der Waals surface area contributed by atoms with E-state index in [1.165, 1.54) is 9.75 Å². The molecule has 0 saturated carbocycles. The number of nitrogens with zero attached hydrogens (tertiary/aromatic N) is 2. The lowest BCUT2D eigenvalue weighted by atomic mass is 9.97. The summed E-state index contributed by atoms with van der Waals surface area (Å²) in [6, 6.07) is 4.28. The number of ether oxygens (including phenoxy) is 1. The minimum atomic E-state index is -0.436. The Bertz CT molecular complexity index is 619. The normalized spacial score (nSPS) is 15.9. The Morgan fingerprint density at radius 1 is 1.30 bits per heavy atom. The third-order valence-electron chi connectivity index (χ3n) is 4.27. The van der Waals surface area contributed by atoms with Gasteiger partial charge < -0.3 is 20.3 Å². The van der Waals surface area contributed by atoms with Crippen LogP contribution in [0.25, 0.3) is 0 Å². The fourth-order valence-electron chi connectivity index (χ4n) is 2.86. The fraction of sp³-hybridized carbons (Fsp3) is 0.684. The summed E-state index contributed by atoms with van der Waals surface area (Å²) in [5.74, 6) is 1.36. The Labute approximate surface area is 184 Å². The molecule has 0 aliphatic carbocycles. The van der Waals surface area contributed by atoms with Gasteiger partial charge in [0.2, 0.25) is 0 Å². The van der Waals surface area contributed by atoms with Crippen LogP contribution in [0.4, 0.5) is 4.79 Å². The highest BCUT2D eigenvalue weighted by atomic mass is 127. The van der Waals surface area contributed by atoms with E-state index < -0.39 is 5.60 Å². The summed E-state index contributed by atoms with van der Waals surface area (Å²) in [6.45, 7) is 11.0. The molecule has 1 aromatic heterocycles. The zero-order valence-corrected chi connectivity index (χ0v) is 20.1. The first-order valence-electron chi connectivity index (χ1n) is 9.24. The predicted octanol–water partition coefficient (Wildman–Crippen LogP) is 3.99. The highest BCUT2D eigenvalue weighted by molar-refractivity contribution is 14.0. The summed E-state index contributed by atoms with van der Waals surface area (Å²) in [5.41, 5.74) is -0.436. The van der Waals surface area contributed by atoms with Gasteiger partial charge in [-0.05, 0) is 58.6 Å². The average molecular weight is 508 g/mol. The molecule has 0 radical (unpaired) electrons. The third kappa shape index (κ3) is 8.68. The van der Waals surface area contributed by atoms with E-state index in [1.54, 1.807) is 18.4 Å². The fourth-order valence-corrected chi connectivity index (χ4v) is 3.69. The van der Waals surface area contributed by atoms with Gasteiger partial charge in [-0.15, -0.1) is 35.3 Å². The molecule has 0 aromatic carbocycles. The maximum atomic E-state index is 12.1. The van der Waals surface area contributed by atoms with E-state index in [-0.39, 0.29) is 30.1 Å². The van der Waals surface area contributed by atoms with Gasteiger partial charge in [-0.3, -0.25) is 4.99 Å². The first kappa shape index (κ1) is 24.0. The van der Waals surface area contributed by atoms with Crippen molar-refractivity contribution in [1.29, 1.82) is 0 Å². The van der Waals surface area contributed by atoms with Crippen LogP contribution >= 0.6 is 35.3 Å². The summed E-state index contributed by atoms with van der Waals surface area (Å²) in [6.07, 6.45) is 1.76. The van der Waals surface area contributed by atoms with E-state index in [9.17, 15) is 4.79 Å². The number of rotatable bonds is 4. The lowest BCUT2D eigenvalue weighted by Crippen LogP contribution is -2.45. The van der Waals surface area contributed by atoms with Crippen LogP contribution in [0.2, 0.25) is 0 Å². The Hall–Kier alpha value is -1.03. The molecule has 1 fully saturated rings.